The predicted octanol–water partition coefficient (Wildman–Crippen LogP) is 6.59. The van der Waals surface area contributed by atoms with Gasteiger partial charge in [0.2, 0.25) is 0 Å². The van der Waals surface area contributed by atoms with Gasteiger partial charge in [0.25, 0.3) is 0 Å². The van der Waals surface area contributed by atoms with Crippen LogP contribution in [0.25, 0.3) is 54.7 Å². The lowest BCUT2D eigenvalue weighted by atomic mass is 9.98. The van der Waals surface area contributed by atoms with Crippen molar-refractivity contribution in [2.24, 2.45) is 0 Å². The van der Waals surface area contributed by atoms with E-state index in [0.717, 1.165) is 66.2 Å². The van der Waals surface area contributed by atoms with Crippen molar-refractivity contribution >= 4 is 43.6 Å². The van der Waals surface area contributed by atoms with Crippen molar-refractivity contribution in [1.82, 2.24) is 30.6 Å². The van der Waals surface area contributed by atoms with Gasteiger partial charge in [-0.2, -0.15) is 0 Å². The van der Waals surface area contributed by atoms with Gasteiger partial charge in [-0.3, -0.25) is 0 Å². The molecule has 1 aliphatic heterocycles. The molecule has 0 spiro atoms. The molecule has 190 valence electrons. The normalized spacial score (nSPS) is 15.4. The number of benzene rings is 4. The van der Waals surface area contributed by atoms with Crippen molar-refractivity contribution in [3.05, 3.63) is 72.3 Å². The van der Waals surface area contributed by atoms with Crippen LogP contribution >= 0.6 is 0 Å². The van der Waals surface area contributed by atoms with Crippen LogP contribution in [0.3, 0.4) is 0 Å². The van der Waals surface area contributed by atoms with Gasteiger partial charge in [-0.25, -0.2) is 9.97 Å². The summed E-state index contributed by atoms with van der Waals surface area (Å²) in [5.41, 5.74) is 6.72. The van der Waals surface area contributed by atoms with E-state index in [1.54, 1.807) is 0 Å². The highest BCUT2D eigenvalue weighted by atomic mass is 15.0. The number of aromatic amines is 2. The van der Waals surface area contributed by atoms with Crippen LogP contribution in [-0.2, 0) is 6.54 Å². The molecule has 0 radical (unpaired) electrons. The van der Waals surface area contributed by atoms with Crippen LogP contribution < -0.4 is 10.6 Å². The summed E-state index contributed by atoms with van der Waals surface area (Å²) in [4.78, 5) is 16.9. The van der Waals surface area contributed by atoms with E-state index in [1.165, 1.54) is 39.1 Å². The third kappa shape index (κ3) is 4.30. The molecule has 0 unspecified atom stereocenters. The zero-order chi connectivity index (χ0) is 26.1. The number of terminal acetylenes is 1. The third-order valence-electron chi connectivity index (χ3n) is 7.45. The molecular weight excluding hydrogens is 468 g/mol. The van der Waals surface area contributed by atoms with Crippen LogP contribution in [0.5, 0.6) is 0 Å². The molecule has 1 saturated heterocycles. The number of H-pyrrole nitrogens is 2. The van der Waals surface area contributed by atoms with Crippen LogP contribution in [0.4, 0.5) is 0 Å². The molecule has 1 atom stereocenters. The van der Waals surface area contributed by atoms with Gasteiger partial charge in [-0.15, -0.1) is 12.8 Å². The summed E-state index contributed by atoms with van der Waals surface area (Å²) in [6.07, 6.45) is 11.5. The minimum atomic E-state index is 0.342. The maximum absolute atomic E-state index is 4.99. The molecule has 6 aromatic rings. The zero-order valence-corrected chi connectivity index (χ0v) is 21.6. The van der Waals surface area contributed by atoms with Crippen LogP contribution in [-0.4, -0.2) is 33.0 Å². The van der Waals surface area contributed by atoms with Gasteiger partial charge in [0, 0.05) is 10.8 Å². The summed E-state index contributed by atoms with van der Waals surface area (Å²) >= 11 is 0. The van der Waals surface area contributed by atoms with Crippen LogP contribution in [0.15, 0.2) is 60.7 Å². The second kappa shape index (κ2) is 10.3. The average Bonchev–Trinajstić information content (AvgIpc) is 3.73. The van der Waals surface area contributed by atoms with Gasteiger partial charge in [0.1, 0.15) is 11.6 Å². The Labute approximate surface area is 222 Å². The molecule has 7 rings (SSSR count). The lowest BCUT2D eigenvalue weighted by Crippen LogP contribution is -2.14. The van der Waals surface area contributed by atoms with Gasteiger partial charge < -0.3 is 20.6 Å². The molecule has 6 heteroatoms. The average molecular weight is 501 g/mol. The van der Waals surface area contributed by atoms with Crippen molar-refractivity contribution in [1.29, 1.82) is 0 Å². The fraction of sp³-hybridized carbons (Fsp3) is 0.250. The highest BCUT2D eigenvalue weighted by molar-refractivity contribution is 6.07. The quantitative estimate of drug-likeness (QED) is 0.154. The van der Waals surface area contributed by atoms with Gasteiger partial charge in [0.15, 0.2) is 0 Å². The molecule has 0 amide bonds. The predicted molar refractivity (Wildman–Crippen MR) is 158 cm³/mol. The van der Waals surface area contributed by atoms with Crippen LogP contribution in [0, 0.1) is 12.8 Å². The first-order valence-electron chi connectivity index (χ1n) is 13.4. The van der Waals surface area contributed by atoms with E-state index in [2.05, 4.69) is 101 Å². The zero-order valence-electron chi connectivity index (χ0n) is 21.6. The fourth-order valence-corrected chi connectivity index (χ4v) is 5.58. The number of hydrogen-bond donors (Lipinski definition) is 4. The van der Waals surface area contributed by atoms with E-state index < -0.39 is 0 Å². The molecule has 1 fully saturated rings. The summed E-state index contributed by atoms with van der Waals surface area (Å²) in [5.74, 6) is 2.05. The number of aromatic nitrogens is 4. The molecule has 0 aliphatic carbocycles. The Kier molecular flexibility index (Phi) is 6.55. The van der Waals surface area contributed by atoms with E-state index >= 15 is 0 Å². The molecule has 38 heavy (non-hydrogen) atoms. The van der Waals surface area contributed by atoms with Gasteiger partial charge in [-0.1, -0.05) is 43.3 Å². The molecule has 0 bridgehead atoms. The SMILES string of the molecule is C#C.CCCNCc1nc2c(ccc3cc(-c4ccc5c(ccc6[nH]c([C@@H]7CCCN7)nc65)c4)ccc32)[nH]1. The summed E-state index contributed by atoms with van der Waals surface area (Å²) in [6.45, 7) is 5.01. The molecule has 4 N–H and O–H groups in total. The number of nitrogens with one attached hydrogen (secondary N) is 4. The molecule has 6 nitrogen and oxygen atoms in total. The monoisotopic (exact) mass is 500 g/mol. The second-order valence-corrected chi connectivity index (χ2v) is 9.93. The molecular formula is C32H32N6. The smallest absolute Gasteiger partial charge is 0.124 e. The Hall–Kier alpha value is -4.18. The minimum absolute atomic E-state index is 0.342. The first kappa shape index (κ1) is 24.2. The number of nitrogens with zero attached hydrogens (tertiary/aromatic N) is 2. The number of hydrogen-bond acceptors (Lipinski definition) is 4. The van der Waals surface area contributed by atoms with E-state index in [0.29, 0.717) is 6.04 Å². The maximum atomic E-state index is 4.99. The highest BCUT2D eigenvalue weighted by Gasteiger charge is 2.20. The van der Waals surface area contributed by atoms with Crippen molar-refractivity contribution in [3.8, 4) is 24.0 Å². The van der Waals surface area contributed by atoms with E-state index in [4.69, 9.17) is 9.97 Å². The van der Waals surface area contributed by atoms with E-state index in [1.807, 2.05) is 0 Å². The van der Waals surface area contributed by atoms with Gasteiger partial charge >= 0.3 is 0 Å². The summed E-state index contributed by atoms with van der Waals surface area (Å²) in [5, 5.41) is 11.8. The fourth-order valence-electron chi connectivity index (χ4n) is 5.58. The summed E-state index contributed by atoms with van der Waals surface area (Å²) in [7, 11) is 0. The molecule has 2 aromatic heterocycles. The standard InChI is InChI=1S/C30H30N6.C2H2/c1-2-13-31-17-27-33-24-11-7-20-15-18(5-9-22(20)28(24)35-27)19-6-10-23-21(16-19)8-12-25-29(23)36-30(34-25)26-4-3-14-32-26;1-2/h5-12,15-16,26,31-32H,2-4,13-14,17H2,1H3,(H,33,35)(H,34,36);1-2H/t26-;/m0./s1. The van der Waals surface area contributed by atoms with E-state index in [9.17, 15) is 0 Å². The Balaban J connectivity index is 0.00000129. The van der Waals surface area contributed by atoms with Crippen molar-refractivity contribution < 1.29 is 0 Å². The summed E-state index contributed by atoms with van der Waals surface area (Å²) in [6, 6.07) is 22.4. The summed E-state index contributed by atoms with van der Waals surface area (Å²) < 4.78 is 0. The Morgan fingerprint density at radius 1 is 0.842 bits per heavy atom. The molecule has 3 heterocycles. The van der Waals surface area contributed by atoms with Gasteiger partial charge in [-0.05, 0) is 78.5 Å². The van der Waals surface area contributed by atoms with Crippen molar-refractivity contribution in [2.75, 3.05) is 13.1 Å². The van der Waals surface area contributed by atoms with Gasteiger partial charge in [0.05, 0.1) is 34.7 Å². The van der Waals surface area contributed by atoms with Crippen molar-refractivity contribution in [2.45, 2.75) is 38.8 Å². The first-order valence-corrected chi connectivity index (χ1v) is 13.4. The second-order valence-electron chi connectivity index (χ2n) is 9.93. The maximum Gasteiger partial charge on any atom is 0.124 e. The lowest BCUT2D eigenvalue weighted by Gasteiger charge is -2.07. The first-order chi connectivity index (χ1) is 18.8. The minimum Gasteiger partial charge on any atom is -0.341 e. The largest absolute Gasteiger partial charge is 0.341 e. The molecule has 0 saturated carbocycles. The number of fused-ring (bicyclic) bond motifs is 6. The topological polar surface area (TPSA) is 81.4 Å². The van der Waals surface area contributed by atoms with Crippen molar-refractivity contribution in [3.63, 3.8) is 0 Å². The van der Waals surface area contributed by atoms with E-state index in [-0.39, 0.29) is 0 Å². The Bertz CT molecular complexity index is 1770. The lowest BCUT2D eigenvalue weighted by molar-refractivity contribution is 0.614. The molecule has 4 aromatic carbocycles. The number of imidazole rings is 2. The van der Waals surface area contributed by atoms with Crippen LogP contribution in [0.2, 0.25) is 0 Å². The van der Waals surface area contributed by atoms with Crippen LogP contribution in [0.1, 0.15) is 43.9 Å². The Morgan fingerprint density at radius 2 is 1.50 bits per heavy atom. The molecule has 1 aliphatic rings. The Morgan fingerprint density at radius 3 is 2.13 bits per heavy atom. The number of rotatable bonds is 6. The highest BCUT2D eigenvalue weighted by Crippen LogP contribution is 2.33. The third-order valence-corrected chi connectivity index (χ3v) is 7.45.